The summed E-state index contributed by atoms with van der Waals surface area (Å²) in [7, 11) is 0. The number of phenols is 1. The Bertz CT molecular complexity index is 459. The molecule has 0 saturated carbocycles. The Hall–Kier alpha value is -1.55. The second kappa shape index (κ2) is 6.27. The maximum Gasteiger partial charge on any atom is 0.227 e. The summed E-state index contributed by atoms with van der Waals surface area (Å²) in [6.45, 7) is 3.68. The van der Waals surface area contributed by atoms with Crippen LogP contribution in [0.15, 0.2) is 24.3 Å². The lowest BCUT2D eigenvalue weighted by Crippen LogP contribution is -2.45. The molecule has 1 amide bonds. The van der Waals surface area contributed by atoms with Crippen molar-refractivity contribution in [2.45, 2.75) is 32.6 Å². The predicted molar refractivity (Wildman–Crippen MR) is 77.4 cm³/mol. The van der Waals surface area contributed by atoms with Crippen molar-refractivity contribution < 1.29 is 15.0 Å². The number of aliphatic hydroxyl groups is 1. The van der Waals surface area contributed by atoms with Crippen molar-refractivity contribution in [1.29, 1.82) is 0 Å². The maximum absolute atomic E-state index is 12.3. The smallest absolute Gasteiger partial charge is 0.227 e. The van der Waals surface area contributed by atoms with Crippen LogP contribution in [0.2, 0.25) is 0 Å². The van der Waals surface area contributed by atoms with Crippen LogP contribution < -0.4 is 0 Å². The Morgan fingerprint density at radius 1 is 1.30 bits per heavy atom. The Balaban J connectivity index is 1.94. The molecule has 0 unspecified atom stereocenters. The number of para-hydroxylation sites is 1. The van der Waals surface area contributed by atoms with Crippen LogP contribution in [-0.2, 0) is 11.2 Å². The largest absolute Gasteiger partial charge is 0.508 e. The number of rotatable bonds is 4. The fourth-order valence-electron chi connectivity index (χ4n) is 2.79. The average molecular weight is 277 g/mol. The van der Waals surface area contributed by atoms with Gasteiger partial charge in [-0.2, -0.15) is 0 Å². The fourth-order valence-corrected chi connectivity index (χ4v) is 2.79. The number of carbonyl (C=O) groups excluding carboxylic acids is 1. The van der Waals surface area contributed by atoms with Crippen LogP contribution in [0.3, 0.4) is 0 Å². The van der Waals surface area contributed by atoms with Gasteiger partial charge in [0.05, 0.1) is 6.42 Å². The van der Waals surface area contributed by atoms with Crippen LogP contribution in [0.1, 0.15) is 31.7 Å². The normalized spacial score (nSPS) is 18.0. The molecule has 0 radical (unpaired) electrons. The van der Waals surface area contributed by atoms with Crippen molar-refractivity contribution in [3.05, 3.63) is 29.8 Å². The molecule has 1 aliphatic rings. The first-order valence-corrected chi connectivity index (χ1v) is 7.26. The molecule has 1 fully saturated rings. The van der Waals surface area contributed by atoms with E-state index in [0.29, 0.717) is 18.7 Å². The van der Waals surface area contributed by atoms with E-state index in [-0.39, 0.29) is 30.1 Å². The molecule has 0 aromatic heterocycles. The average Bonchev–Trinajstić information content (AvgIpc) is 2.49. The van der Waals surface area contributed by atoms with Crippen LogP contribution >= 0.6 is 0 Å². The number of benzene rings is 1. The molecule has 4 nitrogen and oxygen atoms in total. The number of aliphatic hydroxyl groups excluding tert-OH is 1. The Morgan fingerprint density at radius 2 is 1.95 bits per heavy atom. The van der Waals surface area contributed by atoms with E-state index in [1.807, 2.05) is 11.0 Å². The van der Waals surface area contributed by atoms with Crippen molar-refractivity contribution in [3.8, 4) is 5.75 Å². The predicted octanol–water partition coefficient (Wildman–Crippen LogP) is 1.95. The standard InChI is InChI=1S/C16H23NO3/c1-2-16(12-18)7-9-17(10-8-16)15(20)11-13-5-3-4-6-14(13)19/h3-6,18-19H,2,7-12H2,1H3. The number of nitrogens with zero attached hydrogens (tertiary/aromatic N) is 1. The first-order chi connectivity index (χ1) is 9.60. The van der Waals surface area contributed by atoms with Gasteiger partial charge in [-0.1, -0.05) is 25.1 Å². The lowest BCUT2D eigenvalue weighted by atomic mass is 9.77. The molecule has 110 valence electrons. The van der Waals surface area contributed by atoms with Crippen molar-refractivity contribution in [3.63, 3.8) is 0 Å². The zero-order valence-corrected chi connectivity index (χ0v) is 12.0. The summed E-state index contributed by atoms with van der Waals surface area (Å²) < 4.78 is 0. The van der Waals surface area contributed by atoms with E-state index in [1.54, 1.807) is 18.2 Å². The lowest BCUT2D eigenvalue weighted by Gasteiger charge is -2.40. The summed E-state index contributed by atoms with van der Waals surface area (Å²) in [6, 6.07) is 6.96. The quantitative estimate of drug-likeness (QED) is 0.884. The van der Waals surface area contributed by atoms with Crippen LogP contribution in [-0.4, -0.2) is 40.7 Å². The highest BCUT2D eigenvalue weighted by Gasteiger charge is 2.33. The number of carbonyl (C=O) groups is 1. The number of phenolic OH excluding ortho intramolecular Hbond substituents is 1. The van der Waals surface area contributed by atoms with Gasteiger partial charge in [-0.05, 0) is 30.7 Å². The molecule has 0 atom stereocenters. The van der Waals surface area contributed by atoms with Gasteiger partial charge in [0.1, 0.15) is 5.75 Å². The third-order valence-electron chi connectivity index (χ3n) is 4.60. The second-order valence-corrected chi connectivity index (χ2v) is 5.70. The molecule has 1 aliphatic heterocycles. The topological polar surface area (TPSA) is 60.8 Å². The summed E-state index contributed by atoms with van der Waals surface area (Å²) in [4.78, 5) is 14.1. The van der Waals surface area contributed by atoms with Crippen LogP contribution in [0.5, 0.6) is 5.75 Å². The molecule has 0 aliphatic carbocycles. The maximum atomic E-state index is 12.3. The number of likely N-dealkylation sites (tertiary alicyclic amines) is 1. The SMILES string of the molecule is CCC1(CO)CCN(C(=O)Cc2ccccc2O)CC1. The first kappa shape index (κ1) is 14.9. The molecule has 2 N–H and O–H groups in total. The summed E-state index contributed by atoms with van der Waals surface area (Å²) in [6.07, 6.45) is 2.90. The third kappa shape index (κ3) is 3.12. The van der Waals surface area contributed by atoms with Gasteiger partial charge in [0.25, 0.3) is 0 Å². The summed E-state index contributed by atoms with van der Waals surface area (Å²) >= 11 is 0. The van der Waals surface area contributed by atoms with Gasteiger partial charge in [-0.3, -0.25) is 4.79 Å². The molecule has 0 bridgehead atoms. The van der Waals surface area contributed by atoms with E-state index in [0.717, 1.165) is 19.3 Å². The Kier molecular flexibility index (Phi) is 4.65. The second-order valence-electron chi connectivity index (χ2n) is 5.70. The number of hydrogen-bond donors (Lipinski definition) is 2. The van der Waals surface area contributed by atoms with Crippen molar-refractivity contribution in [2.75, 3.05) is 19.7 Å². The monoisotopic (exact) mass is 277 g/mol. The van der Waals surface area contributed by atoms with Crippen LogP contribution in [0.25, 0.3) is 0 Å². The van der Waals surface area contributed by atoms with Crippen LogP contribution in [0.4, 0.5) is 0 Å². The molecule has 1 heterocycles. The Morgan fingerprint density at radius 3 is 2.50 bits per heavy atom. The van der Waals surface area contributed by atoms with Gasteiger partial charge < -0.3 is 15.1 Å². The number of hydrogen-bond acceptors (Lipinski definition) is 3. The van der Waals surface area contributed by atoms with Crippen LogP contribution in [0, 0.1) is 5.41 Å². The molecule has 1 saturated heterocycles. The molecular formula is C16H23NO3. The summed E-state index contributed by atoms with van der Waals surface area (Å²) in [5.41, 5.74) is 0.665. The molecule has 1 aromatic carbocycles. The highest BCUT2D eigenvalue weighted by Crippen LogP contribution is 2.34. The van der Waals surface area contributed by atoms with E-state index in [4.69, 9.17) is 0 Å². The first-order valence-electron chi connectivity index (χ1n) is 7.26. The van der Waals surface area contributed by atoms with E-state index in [2.05, 4.69) is 6.92 Å². The van der Waals surface area contributed by atoms with Gasteiger partial charge in [-0.25, -0.2) is 0 Å². The zero-order chi connectivity index (χ0) is 14.6. The van der Waals surface area contributed by atoms with Gasteiger partial charge in [0.15, 0.2) is 0 Å². The van der Waals surface area contributed by atoms with Crippen molar-refractivity contribution in [2.24, 2.45) is 5.41 Å². The Labute approximate surface area is 120 Å². The minimum Gasteiger partial charge on any atom is -0.508 e. The van der Waals surface area contributed by atoms with E-state index in [9.17, 15) is 15.0 Å². The van der Waals surface area contributed by atoms with Gasteiger partial charge >= 0.3 is 0 Å². The van der Waals surface area contributed by atoms with E-state index in [1.165, 1.54) is 0 Å². The zero-order valence-electron chi connectivity index (χ0n) is 12.0. The van der Waals surface area contributed by atoms with Crippen molar-refractivity contribution in [1.82, 2.24) is 4.90 Å². The minimum atomic E-state index is -0.00827. The molecule has 20 heavy (non-hydrogen) atoms. The third-order valence-corrected chi connectivity index (χ3v) is 4.60. The van der Waals surface area contributed by atoms with Crippen molar-refractivity contribution >= 4 is 5.91 Å². The van der Waals surface area contributed by atoms with Gasteiger partial charge in [0, 0.05) is 25.3 Å². The molecule has 2 rings (SSSR count). The number of amides is 1. The van der Waals surface area contributed by atoms with E-state index < -0.39 is 0 Å². The van der Waals surface area contributed by atoms with Gasteiger partial charge in [0.2, 0.25) is 5.91 Å². The van der Waals surface area contributed by atoms with Gasteiger partial charge in [-0.15, -0.1) is 0 Å². The molecule has 4 heteroatoms. The number of aromatic hydroxyl groups is 1. The highest BCUT2D eigenvalue weighted by atomic mass is 16.3. The fraction of sp³-hybridized carbons (Fsp3) is 0.562. The van der Waals surface area contributed by atoms with E-state index >= 15 is 0 Å². The molecular weight excluding hydrogens is 254 g/mol. The molecule has 0 spiro atoms. The number of piperidine rings is 1. The minimum absolute atomic E-state index is 0.00827. The summed E-state index contributed by atoms with van der Waals surface area (Å²) in [5, 5.41) is 19.2. The molecule has 1 aromatic rings. The summed E-state index contributed by atoms with van der Waals surface area (Å²) in [5.74, 6) is 0.227. The lowest BCUT2D eigenvalue weighted by molar-refractivity contribution is -0.133. The highest BCUT2D eigenvalue weighted by molar-refractivity contribution is 5.79.